The summed E-state index contributed by atoms with van der Waals surface area (Å²) in [6.07, 6.45) is 2.12. The molecule has 2 fully saturated rings. The summed E-state index contributed by atoms with van der Waals surface area (Å²) < 4.78 is 5.22. The van der Waals surface area contributed by atoms with E-state index in [1.807, 2.05) is 31.2 Å². The van der Waals surface area contributed by atoms with Gasteiger partial charge < -0.3 is 14.7 Å². The van der Waals surface area contributed by atoms with Crippen LogP contribution in [0.5, 0.6) is 5.75 Å². The van der Waals surface area contributed by atoms with Gasteiger partial charge in [-0.05, 0) is 42.9 Å². The highest BCUT2D eigenvalue weighted by atomic mass is 16.6. The molecule has 1 saturated carbocycles. The molecule has 142 valence electrons. The zero-order chi connectivity index (χ0) is 18.9. The number of amides is 1. The van der Waals surface area contributed by atoms with Crippen LogP contribution >= 0.6 is 0 Å². The molecule has 26 heavy (non-hydrogen) atoms. The fraction of sp³-hybridized carbons (Fsp3) is 0.632. The Kier molecular flexibility index (Phi) is 5.18. The van der Waals surface area contributed by atoms with Crippen LogP contribution in [0.15, 0.2) is 24.3 Å². The number of fused-ring (bicyclic) bond motifs is 1. The summed E-state index contributed by atoms with van der Waals surface area (Å²) in [4.78, 5) is 24.6. The van der Waals surface area contributed by atoms with E-state index in [1.54, 1.807) is 12.0 Å². The second-order valence-corrected chi connectivity index (χ2v) is 7.55. The normalized spacial score (nSPS) is 30.5. The summed E-state index contributed by atoms with van der Waals surface area (Å²) in [5.74, 6) is 0.146. The van der Waals surface area contributed by atoms with Crippen LogP contribution in [0.25, 0.3) is 0 Å². The molecule has 0 aromatic heterocycles. The van der Waals surface area contributed by atoms with Crippen LogP contribution < -0.4 is 4.74 Å². The maximum atomic E-state index is 12.4. The number of methoxy groups -OCH3 is 1. The smallest absolute Gasteiger partial charge is 0.225 e. The Morgan fingerprint density at radius 3 is 2.92 bits per heavy atom. The van der Waals surface area contributed by atoms with Gasteiger partial charge in [0.15, 0.2) is 0 Å². The number of nitro groups is 1. The van der Waals surface area contributed by atoms with Crippen LogP contribution in [0.1, 0.15) is 31.7 Å². The summed E-state index contributed by atoms with van der Waals surface area (Å²) in [5.41, 5.74) is -0.114. The molecule has 1 aromatic rings. The summed E-state index contributed by atoms with van der Waals surface area (Å²) in [7, 11) is 1.63. The summed E-state index contributed by atoms with van der Waals surface area (Å²) in [6.45, 7) is 2.21. The first-order valence-corrected chi connectivity index (χ1v) is 9.12. The first-order valence-electron chi connectivity index (χ1n) is 9.12. The summed E-state index contributed by atoms with van der Waals surface area (Å²) in [5, 5.41) is 22.1. The second-order valence-electron chi connectivity index (χ2n) is 7.55. The fourth-order valence-corrected chi connectivity index (χ4v) is 4.72. The number of likely N-dealkylation sites (tertiary alicyclic amines) is 1. The molecule has 1 heterocycles. The van der Waals surface area contributed by atoms with Crippen molar-refractivity contribution in [2.45, 2.75) is 38.3 Å². The molecule has 1 saturated heterocycles. The molecule has 2 unspecified atom stereocenters. The first kappa shape index (κ1) is 18.6. The summed E-state index contributed by atoms with van der Waals surface area (Å²) in [6, 6.07) is 7.79. The zero-order valence-corrected chi connectivity index (χ0v) is 15.3. The van der Waals surface area contributed by atoms with Crippen LogP contribution in [0.2, 0.25) is 0 Å². The standard InChI is InChI=1S/C19H26N2O5/c1-13-11-19(23)17(16(13)12-21(24)25)10-18(22)20(19)8-4-6-14-5-3-7-15(9-14)26-2/h3,5,7,9,13,16-17,23H,4,6,8,10-12H2,1-2H3/t13-,16+,17?,19?/m0/s1. The lowest BCUT2D eigenvalue weighted by Gasteiger charge is -2.34. The molecule has 1 aromatic carbocycles. The fourth-order valence-electron chi connectivity index (χ4n) is 4.72. The summed E-state index contributed by atoms with van der Waals surface area (Å²) >= 11 is 0. The molecule has 3 rings (SSSR count). The SMILES string of the molecule is COc1cccc(CCCN2C(=O)CC3[C@H](C[N+](=O)[O-])[C@@H](C)CC32O)c1. The maximum Gasteiger partial charge on any atom is 0.225 e. The third-order valence-electron chi connectivity index (χ3n) is 5.97. The van der Waals surface area contributed by atoms with E-state index < -0.39 is 5.72 Å². The molecular formula is C19H26N2O5. The molecule has 0 spiro atoms. The minimum Gasteiger partial charge on any atom is -0.497 e. The predicted octanol–water partition coefficient (Wildman–Crippen LogP) is 2.10. The van der Waals surface area contributed by atoms with Gasteiger partial charge in [0.05, 0.1) is 7.11 Å². The van der Waals surface area contributed by atoms with Crippen molar-refractivity contribution in [1.82, 2.24) is 4.90 Å². The van der Waals surface area contributed by atoms with E-state index in [0.717, 1.165) is 24.2 Å². The van der Waals surface area contributed by atoms with Crippen molar-refractivity contribution in [1.29, 1.82) is 0 Å². The lowest BCUT2D eigenvalue weighted by molar-refractivity contribution is -0.491. The van der Waals surface area contributed by atoms with Crippen molar-refractivity contribution >= 4 is 5.91 Å². The van der Waals surface area contributed by atoms with Gasteiger partial charge in [-0.25, -0.2) is 0 Å². The first-order chi connectivity index (χ1) is 12.3. The second kappa shape index (κ2) is 7.23. The quantitative estimate of drug-likeness (QED) is 0.592. The van der Waals surface area contributed by atoms with Gasteiger partial charge in [-0.1, -0.05) is 19.1 Å². The number of nitrogens with zero attached hydrogens (tertiary/aromatic N) is 2. The van der Waals surface area contributed by atoms with Gasteiger partial charge in [0.1, 0.15) is 11.5 Å². The number of carbonyl (C=O) groups is 1. The van der Waals surface area contributed by atoms with E-state index in [4.69, 9.17) is 4.74 Å². The van der Waals surface area contributed by atoms with Gasteiger partial charge >= 0.3 is 0 Å². The Balaban J connectivity index is 1.65. The molecule has 7 nitrogen and oxygen atoms in total. The van der Waals surface area contributed by atoms with E-state index in [1.165, 1.54) is 0 Å². The largest absolute Gasteiger partial charge is 0.497 e. The molecule has 4 atom stereocenters. The number of aliphatic hydroxyl groups is 1. The van der Waals surface area contributed by atoms with Gasteiger partial charge in [-0.2, -0.15) is 0 Å². The van der Waals surface area contributed by atoms with Gasteiger partial charge in [0.2, 0.25) is 12.5 Å². The number of hydrogen-bond acceptors (Lipinski definition) is 5. The van der Waals surface area contributed by atoms with Crippen LogP contribution in [0, 0.1) is 27.9 Å². The van der Waals surface area contributed by atoms with Crippen LogP contribution in [-0.2, 0) is 11.2 Å². The third-order valence-corrected chi connectivity index (χ3v) is 5.97. The molecule has 2 aliphatic rings. The van der Waals surface area contributed by atoms with Gasteiger partial charge in [0, 0.05) is 29.7 Å². The molecule has 1 N–H and O–H groups in total. The van der Waals surface area contributed by atoms with Gasteiger partial charge in [-0.3, -0.25) is 14.9 Å². The van der Waals surface area contributed by atoms with Crippen molar-refractivity contribution in [3.05, 3.63) is 39.9 Å². The van der Waals surface area contributed by atoms with Gasteiger partial charge in [0.25, 0.3) is 0 Å². The molecule has 1 aliphatic heterocycles. The number of benzene rings is 1. The lowest BCUT2D eigenvalue weighted by Crippen LogP contribution is -2.48. The number of hydrogen-bond donors (Lipinski definition) is 1. The lowest BCUT2D eigenvalue weighted by atomic mass is 9.88. The topological polar surface area (TPSA) is 92.9 Å². The van der Waals surface area contributed by atoms with Crippen molar-refractivity contribution in [3.8, 4) is 5.75 Å². The highest BCUT2D eigenvalue weighted by Gasteiger charge is 2.61. The number of ether oxygens (including phenoxy) is 1. The Morgan fingerprint density at radius 2 is 2.23 bits per heavy atom. The number of aryl methyl sites for hydroxylation is 1. The zero-order valence-electron chi connectivity index (χ0n) is 15.3. The van der Waals surface area contributed by atoms with Crippen LogP contribution in [0.4, 0.5) is 0 Å². The molecule has 0 radical (unpaired) electrons. The molecule has 0 bridgehead atoms. The maximum absolute atomic E-state index is 12.4. The van der Waals surface area contributed by atoms with E-state index in [9.17, 15) is 20.0 Å². The average Bonchev–Trinajstić information content (AvgIpc) is 2.96. The van der Waals surface area contributed by atoms with Crippen LogP contribution in [-0.4, -0.2) is 46.8 Å². The monoisotopic (exact) mass is 362 g/mol. The number of carbonyl (C=O) groups excluding carboxylic acids is 1. The highest BCUT2D eigenvalue weighted by Crippen LogP contribution is 2.52. The molecule has 1 aliphatic carbocycles. The van der Waals surface area contributed by atoms with Crippen molar-refractivity contribution in [3.63, 3.8) is 0 Å². The van der Waals surface area contributed by atoms with E-state index in [0.29, 0.717) is 13.0 Å². The highest BCUT2D eigenvalue weighted by molar-refractivity contribution is 5.80. The Labute approximate surface area is 153 Å². The minimum atomic E-state index is -1.23. The third kappa shape index (κ3) is 3.40. The van der Waals surface area contributed by atoms with E-state index in [2.05, 4.69) is 0 Å². The Hall–Kier alpha value is -2.15. The molecule has 1 amide bonds. The minimum absolute atomic E-state index is 0.0318. The van der Waals surface area contributed by atoms with Crippen molar-refractivity contribution in [2.75, 3.05) is 20.2 Å². The van der Waals surface area contributed by atoms with E-state index in [-0.39, 0.29) is 41.5 Å². The van der Waals surface area contributed by atoms with E-state index >= 15 is 0 Å². The van der Waals surface area contributed by atoms with Crippen molar-refractivity contribution < 1.29 is 19.6 Å². The van der Waals surface area contributed by atoms with Crippen LogP contribution in [0.3, 0.4) is 0 Å². The Bertz CT molecular complexity index is 694. The average molecular weight is 362 g/mol. The van der Waals surface area contributed by atoms with Crippen molar-refractivity contribution in [2.24, 2.45) is 17.8 Å². The molecule has 7 heteroatoms. The van der Waals surface area contributed by atoms with Gasteiger partial charge in [-0.15, -0.1) is 0 Å². The number of rotatable bonds is 7. The predicted molar refractivity (Wildman–Crippen MR) is 95.2 cm³/mol. The Morgan fingerprint density at radius 1 is 1.46 bits per heavy atom. The molecular weight excluding hydrogens is 336 g/mol.